The first-order valence-corrected chi connectivity index (χ1v) is 7.13. The number of nitro benzene ring substituents is 1. The summed E-state index contributed by atoms with van der Waals surface area (Å²) in [6, 6.07) is 4.73. The van der Waals surface area contributed by atoms with Crippen LogP contribution in [-0.4, -0.2) is 33.5 Å². The summed E-state index contributed by atoms with van der Waals surface area (Å²) >= 11 is 0. The van der Waals surface area contributed by atoms with Crippen molar-refractivity contribution in [3.05, 3.63) is 39.4 Å². The Bertz CT molecular complexity index is 553. The monoisotopic (exact) mass is 292 g/mol. The Morgan fingerprint density at radius 3 is 2.62 bits per heavy atom. The Balaban J connectivity index is 2.30. The van der Waals surface area contributed by atoms with E-state index in [4.69, 9.17) is 0 Å². The molecule has 6 nitrogen and oxygen atoms in total. The summed E-state index contributed by atoms with van der Waals surface area (Å²) in [4.78, 5) is 24.0. The highest BCUT2D eigenvalue weighted by atomic mass is 16.6. The zero-order chi connectivity index (χ0) is 15.6. The maximum atomic E-state index is 11.4. The molecule has 1 aliphatic rings. The van der Waals surface area contributed by atoms with Crippen molar-refractivity contribution in [1.29, 1.82) is 0 Å². The largest absolute Gasteiger partial charge is 0.477 e. The van der Waals surface area contributed by atoms with E-state index in [1.165, 1.54) is 18.9 Å². The number of aromatic carboxylic acids is 1. The highest BCUT2D eigenvalue weighted by Gasteiger charge is 2.28. The van der Waals surface area contributed by atoms with E-state index in [0.717, 1.165) is 6.54 Å². The van der Waals surface area contributed by atoms with Gasteiger partial charge in [-0.15, -0.1) is 0 Å². The van der Waals surface area contributed by atoms with Crippen LogP contribution in [-0.2, 0) is 6.54 Å². The molecule has 21 heavy (non-hydrogen) atoms. The van der Waals surface area contributed by atoms with Crippen molar-refractivity contribution >= 4 is 11.7 Å². The predicted molar refractivity (Wildman–Crippen MR) is 78.3 cm³/mol. The van der Waals surface area contributed by atoms with Crippen LogP contribution in [0.4, 0.5) is 5.69 Å². The maximum Gasteiger partial charge on any atom is 0.343 e. The number of nitro groups is 1. The van der Waals surface area contributed by atoms with E-state index in [0.29, 0.717) is 18.0 Å². The van der Waals surface area contributed by atoms with E-state index in [2.05, 4.69) is 18.7 Å². The van der Waals surface area contributed by atoms with E-state index in [1.807, 2.05) is 0 Å². The molecule has 0 bridgehead atoms. The summed E-state index contributed by atoms with van der Waals surface area (Å²) in [5.74, 6) is -0.563. The van der Waals surface area contributed by atoms with Crippen LogP contribution in [0, 0.1) is 16.0 Å². The van der Waals surface area contributed by atoms with E-state index < -0.39 is 10.9 Å². The van der Waals surface area contributed by atoms with Gasteiger partial charge in [0.1, 0.15) is 5.56 Å². The molecule has 114 valence electrons. The minimum atomic E-state index is -1.24. The third-order valence-electron chi connectivity index (χ3n) is 3.83. The number of hydrogen-bond acceptors (Lipinski definition) is 4. The molecule has 0 aromatic heterocycles. The van der Waals surface area contributed by atoms with Crippen molar-refractivity contribution in [2.75, 3.05) is 6.54 Å². The van der Waals surface area contributed by atoms with Crippen molar-refractivity contribution in [2.24, 2.45) is 5.92 Å². The topological polar surface area (TPSA) is 83.7 Å². The first kappa shape index (κ1) is 15.4. The molecule has 0 heterocycles. The number of rotatable bonds is 7. The molecule has 0 atom stereocenters. The molecule has 0 radical (unpaired) electrons. The molecule has 0 amide bonds. The van der Waals surface area contributed by atoms with Crippen LogP contribution in [0.5, 0.6) is 0 Å². The second-order valence-electron chi connectivity index (χ2n) is 5.84. The van der Waals surface area contributed by atoms with E-state index in [-0.39, 0.29) is 17.3 Å². The predicted octanol–water partition coefficient (Wildman–Crippen LogP) is 2.91. The molecular formula is C15H20N2O4. The molecule has 1 N–H and O–H groups in total. The zero-order valence-corrected chi connectivity index (χ0v) is 12.3. The highest BCUT2D eigenvalue weighted by Crippen LogP contribution is 2.31. The van der Waals surface area contributed by atoms with Gasteiger partial charge in [-0.3, -0.25) is 15.0 Å². The third-order valence-corrected chi connectivity index (χ3v) is 3.83. The maximum absolute atomic E-state index is 11.4. The lowest BCUT2D eigenvalue weighted by molar-refractivity contribution is -0.385. The van der Waals surface area contributed by atoms with Crippen molar-refractivity contribution in [3.63, 3.8) is 0 Å². The highest BCUT2D eigenvalue weighted by molar-refractivity contribution is 5.94. The molecule has 1 fully saturated rings. The van der Waals surface area contributed by atoms with Gasteiger partial charge < -0.3 is 5.11 Å². The minimum Gasteiger partial charge on any atom is -0.477 e. The molecule has 6 heteroatoms. The Morgan fingerprint density at radius 2 is 2.14 bits per heavy atom. The lowest BCUT2D eigenvalue weighted by Crippen LogP contribution is -2.33. The molecule has 0 spiro atoms. The fraction of sp³-hybridized carbons (Fsp3) is 0.533. The van der Waals surface area contributed by atoms with E-state index in [1.54, 1.807) is 12.1 Å². The fourth-order valence-electron chi connectivity index (χ4n) is 2.43. The number of carboxylic acid groups (broad SMARTS) is 1. The van der Waals surface area contributed by atoms with Gasteiger partial charge in [0, 0.05) is 25.2 Å². The second-order valence-corrected chi connectivity index (χ2v) is 5.84. The average molecular weight is 292 g/mol. The summed E-state index contributed by atoms with van der Waals surface area (Å²) in [6.45, 7) is 5.46. The van der Waals surface area contributed by atoms with Gasteiger partial charge in [-0.05, 0) is 38.2 Å². The van der Waals surface area contributed by atoms with Gasteiger partial charge in [-0.25, -0.2) is 4.79 Å². The fourth-order valence-corrected chi connectivity index (χ4v) is 2.43. The zero-order valence-electron chi connectivity index (χ0n) is 12.3. The first-order chi connectivity index (χ1) is 9.90. The first-order valence-electron chi connectivity index (χ1n) is 7.13. The van der Waals surface area contributed by atoms with Gasteiger partial charge >= 0.3 is 5.97 Å². The van der Waals surface area contributed by atoms with Crippen molar-refractivity contribution < 1.29 is 14.8 Å². The SMILES string of the molecule is CC(C)N(Cc1cccc([N+](=O)[O-])c1C(=O)O)CC1CC1. The number of benzene rings is 1. The molecule has 1 aliphatic carbocycles. The molecule has 0 saturated heterocycles. The van der Waals surface area contributed by atoms with Crippen molar-refractivity contribution in [2.45, 2.75) is 39.3 Å². The van der Waals surface area contributed by atoms with Crippen LogP contribution in [0.2, 0.25) is 0 Å². The number of carboxylic acids is 1. The summed E-state index contributed by atoms with van der Waals surface area (Å²) < 4.78 is 0. The standard InChI is InChI=1S/C15H20N2O4/c1-10(2)16(8-11-6-7-11)9-12-4-3-5-13(17(20)21)14(12)15(18)19/h3-5,10-11H,6-9H2,1-2H3,(H,18,19). The van der Waals surface area contributed by atoms with Crippen molar-refractivity contribution in [3.8, 4) is 0 Å². The molecule has 0 unspecified atom stereocenters. The van der Waals surface area contributed by atoms with E-state index in [9.17, 15) is 20.0 Å². The molecular weight excluding hydrogens is 272 g/mol. The third kappa shape index (κ3) is 3.78. The molecule has 1 saturated carbocycles. The Labute approximate surface area is 123 Å². The minimum absolute atomic E-state index is 0.191. The summed E-state index contributed by atoms with van der Waals surface area (Å²) in [7, 11) is 0. The lowest BCUT2D eigenvalue weighted by Gasteiger charge is -2.27. The summed E-state index contributed by atoms with van der Waals surface area (Å²) in [5.41, 5.74) is -0.0230. The Hall–Kier alpha value is -1.95. The van der Waals surface area contributed by atoms with Gasteiger partial charge in [0.05, 0.1) is 4.92 Å². The van der Waals surface area contributed by atoms with Crippen LogP contribution >= 0.6 is 0 Å². The van der Waals surface area contributed by atoms with Crippen LogP contribution in [0.3, 0.4) is 0 Å². The summed E-state index contributed by atoms with van der Waals surface area (Å²) in [5, 5.41) is 20.3. The van der Waals surface area contributed by atoms with Crippen LogP contribution < -0.4 is 0 Å². The number of carbonyl (C=O) groups is 1. The quantitative estimate of drug-likeness (QED) is 0.617. The Morgan fingerprint density at radius 1 is 1.48 bits per heavy atom. The van der Waals surface area contributed by atoms with Gasteiger partial charge in [0.15, 0.2) is 0 Å². The van der Waals surface area contributed by atoms with Gasteiger partial charge in [-0.2, -0.15) is 0 Å². The molecule has 1 aromatic rings. The number of hydrogen-bond donors (Lipinski definition) is 1. The number of nitrogens with zero attached hydrogens (tertiary/aromatic N) is 2. The smallest absolute Gasteiger partial charge is 0.343 e. The van der Waals surface area contributed by atoms with Crippen LogP contribution in [0.1, 0.15) is 42.6 Å². The average Bonchev–Trinajstić information content (AvgIpc) is 3.21. The lowest BCUT2D eigenvalue weighted by atomic mass is 10.0. The second kappa shape index (κ2) is 6.22. The van der Waals surface area contributed by atoms with E-state index >= 15 is 0 Å². The molecule has 1 aromatic carbocycles. The Kier molecular flexibility index (Phi) is 4.57. The van der Waals surface area contributed by atoms with Gasteiger partial charge in [0.25, 0.3) is 5.69 Å². The molecule has 0 aliphatic heterocycles. The van der Waals surface area contributed by atoms with Gasteiger partial charge in [-0.1, -0.05) is 12.1 Å². The summed E-state index contributed by atoms with van der Waals surface area (Å²) in [6.07, 6.45) is 2.42. The van der Waals surface area contributed by atoms with Gasteiger partial charge in [0.2, 0.25) is 0 Å². The van der Waals surface area contributed by atoms with Crippen LogP contribution in [0.25, 0.3) is 0 Å². The van der Waals surface area contributed by atoms with Crippen molar-refractivity contribution in [1.82, 2.24) is 4.90 Å². The van der Waals surface area contributed by atoms with Crippen LogP contribution in [0.15, 0.2) is 18.2 Å². The normalized spacial score (nSPS) is 14.7. The molecule has 2 rings (SSSR count).